The van der Waals surface area contributed by atoms with E-state index in [0.29, 0.717) is 28.0 Å². The molecule has 1 heterocycles. The first-order valence-corrected chi connectivity index (χ1v) is 15.8. The second kappa shape index (κ2) is 14.7. The first-order chi connectivity index (χ1) is 21.0. The van der Waals surface area contributed by atoms with Crippen LogP contribution < -0.4 is 14.8 Å². The van der Waals surface area contributed by atoms with Gasteiger partial charge in [0.15, 0.2) is 0 Å². The van der Waals surface area contributed by atoms with Crippen LogP contribution in [0.2, 0.25) is 10.0 Å². The van der Waals surface area contributed by atoms with Crippen LogP contribution in [-0.2, 0) is 16.1 Å². The summed E-state index contributed by atoms with van der Waals surface area (Å²) in [7, 11) is 3.11. The van der Waals surface area contributed by atoms with Gasteiger partial charge in [0.25, 0.3) is 0 Å². The number of carbonyl (C=O) groups excluding carboxylic acids is 2. The van der Waals surface area contributed by atoms with Crippen molar-refractivity contribution in [3.05, 3.63) is 93.5 Å². The van der Waals surface area contributed by atoms with Gasteiger partial charge in [0, 0.05) is 40.2 Å². The van der Waals surface area contributed by atoms with Crippen molar-refractivity contribution in [2.75, 3.05) is 14.2 Å². The molecule has 7 nitrogen and oxygen atoms in total. The number of benzene rings is 3. The Kier molecular flexibility index (Phi) is 11.2. The molecule has 0 radical (unpaired) electrons. The summed E-state index contributed by atoms with van der Waals surface area (Å²) in [4.78, 5) is 29.8. The zero-order valence-electron chi connectivity index (χ0n) is 26.0. The predicted molar refractivity (Wildman–Crippen MR) is 174 cm³/mol. The average Bonchev–Trinajstić information content (AvgIpc) is 3.02. The lowest BCUT2D eigenvalue weighted by Crippen LogP contribution is -2.56. The quantitative estimate of drug-likeness (QED) is 0.216. The van der Waals surface area contributed by atoms with E-state index in [1.807, 2.05) is 60.4 Å². The van der Waals surface area contributed by atoms with Crippen molar-refractivity contribution in [2.24, 2.45) is 5.41 Å². The molecule has 3 aromatic rings. The first kappa shape index (κ1) is 33.6. The summed E-state index contributed by atoms with van der Waals surface area (Å²) < 4.78 is 10.7. The lowest BCUT2D eigenvalue weighted by molar-refractivity contribution is -0.158. The van der Waals surface area contributed by atoms with E-state index in [4.69, 9.17) is 32.7 Å². The van der Waals surface area contributed by atoms with Gasteiger partial charge in [-0.25, -0.2) is 0 Å². The Hall–Kier alpha value is -3.26. The smallest absolute Gasteiger partial charge is 0.249 e. The van der Waals surface area contributed by atoms with Crippen molar-refractivity contribution in [1.29, 1.82) is 0 Å². The lowest BCUT2D eigenvalue weighted by atomic mass is 9.66. The number of likely N-dealkylation sites (tertiary alicyclic amines) is 1. The number of piperidine rings is 1. The number of hydrogen-bond donors (Lipinski definition) is 2. The number of halogens is 2. The number of rotatable bonds is 12. The standard InChI is InChI=1S/C35H42Cl2N2O5/c1-6-27(7-2)39-32(22-11-14-25(36)15-12-22)29(23-9-8-10-26(37)17-23)19-35(3,34(39)42)20-30(40)33(41)38-21-24-13-16-28(43-4)18-31(24)44-5/h8-18,27,29-30,32,40H,6-7,19-21H2,1-5H3,(H,38,41). The van der Waals surface area contributed by atoms with Crippen molar-refractivity contribution in [3.8, 4) is 11.5 Å². The van der Waals surface area contributed by atoms with Crippen LogP contribution in [0.5, 0.6) is 11.5 Å². The second-order valence-electron chi connectivity index (χ2n) is 11.7. The Morgan fingerprint density at radius 3 is 2.32 bits per heavy atom. The normalized spacial score (nSPS) is 20.8. The summed E-state index contributed by atoms with van der Waals surface area (Å²) in [5, 5.41) is 15.3. The molecule has 4 atom stereocenters. The van der Waals surface area contributed by atoms with Gasteiger partial charge in [0.2, 0.25) is 11.8 Å². The molecule has 1 aliphatic heterocycles. The number of aliphatic hydroxyl groups excluding tert-OH is 1. The molecule has 1 aliphatic rings. The van der Waals surface area contributed by atoms with Crippen molar-refractivity contribution in [1.82, 2.24) is 10.2 Å². The third kappa shape index (κ3) is 7.33. The third-order valence-electron chi connectivity index (χ3n) is 8.82. The van der Waals surface area contributed by atoms with Gasteiger partial charge in [-0.1, -0.05) is 68.2 Å². The molecule has 4 unspecified atom stereocenters. The molecular weight excluding hydrogens is 599 g/mol. The van der Waals surface area contributed by atoms with E-state index in [9.17, 15) is 14.7 Å². The van der Waals surface area contributed by atoms with Crippen LogP contribution in [0.3, 0.4) is 0 Å². The highest BCUT2D eigenvalue weighted by molar-refractivity contribution is 6.30. The number of nitrogens with one attached hydrogen (secondary N) is 1. The Morgan fingerprint density at radius 2 is 1.70 bits per heavy atom. The van der Waals surface area contributed by atoms with Crippen LogP contribution in [0.4, 0.5) is 0 Å². The molecule has 2 amide bonds. The summed E-state index contributed by atoms with van der Waals surface area (Å²) in [6.07, 6.45) is 0.517. The maximum atomic E-state index is 14.6. The van der Waals surface area contributed by atoms with Gasteiger partial charge in [0.1, 0.15) is 17.6 Å². The number of aliphatic hydroxyl groups is 1. The van der Waals surface area contributed by atoms with E-state index < -0.39 is 17.4 Å². The topological polar surface area (TPSA) is 88.1 Å². The maximum absolute atomic E-state index is 14.6. The van der Waals surface area contributed by atoms with Crippen LogP contribution in [0.1, 0.15) is 75.1 Å². The lowest BCUT2D eigenvalue weighted by Gasteiger charge is -2.52. The molecule has 236 valence electrons. The van der Waals surface area contributed by atoms with Gasteiger partial charge in [-0.3, -0.25) is 9.59 Å². The molecule has 1 fully saturated rings. The molecular formula is C35H42Cl2N2O5. The molecule has 1 saturated heterocycles. The highest BCUT2D eigenvalue weighted by Crippen LogP contribution is 2.52. The number of nitrogens with zero attached hydrogens (tertiary/aromatic N) is 1. The predicted octanol–water partition coefficient (Wildman–Crippen LogP) is 7.33. The summed E-state index contributed by atoms with van der Waals surface area (Å²) in [6.45, 7) is 6.17. The maximum Gasteiger partial charge on any atom is 0.249 e. The van der Waals surface area contributed by atoms with Crippen LogP contribution in [0, 0.1) is 5.41 Å². The monoisotopic (exact) mass is 640 g/mol. The zero-order valence-corrected chi connectivity index (χ0v) is 27.5. The minimum absolute atomic E-state index is 0.0293. The molecule has 0 aromatic heterocycles. The Morgan fingerprint density at radius 1 is 1.00 bits per heavy atom. The van der Waals surface area contributed by atoms with Crippen molar-refractivity contribution >= 4 is 35.0 Å². The fraction of sp³-hybridized carbons (Fsp3) is 0.429. The Balaban J connectivity index is 1.66. The van der Waals surface area contributed by atoms with Crippen LogP contribution in [-0.4, -0.2) is 48.2 Å². The number of ether oxygens (including phenoxy) is 2. The molecule has 0 aliphatic carbocycles. The molecule has 44 heavy (non-hydrogen) atoms. The number of hydrogen-bond acceptors (Lipinski definition) is 5. The van der Waals surface area contributed by atoms with Crippen molar-refractivity contribution < 1.29 is 24.2 Å². The van der Waals surface area contributed by atoms with E-state index >= 15 is 0 Å². The van der Waals surface area contributed by atoms with Crippen LogP contribution >= 0.6 is 23.2 Å². The van der Waals surface area contributed by atoms with Gasteiger partial charge in [-0.15, -0.1) is 0 Å². The fourth-order valence-electron chi connectivity index (χ4n) is 6.47. The molecule has 0 spiro atoms. The highest BCUT2D eigenvalue weighted by Gasteiger charge is 2.52. The zero-order chi connectivity index (χ0) is 32.0. The fourth-order valence-corrected chi connectivity index (χ4v) is 6.79. The molecule has 0 saturated carbocycles. The molecule has 4 rings (SSSR count). The van der Waals surface area contributed by atoms with Gasteiger partial charge in [-0.2, -0.15) is 0 Å². The van der Waals surface area contributed by atoms with Crippen LogP contribution in [0.25, 0.3) is 0 Å². The van der Waals surface area contributed by atoms with Gasteiger partial charge < -0.3 is 24.8 Å². The van der Waals surface area contributed by atoms with E-state index in [1.54, 1.807) is 32.4 Å². The van der Waals surface area contributed by atoms with E-state index in [-0.39, 0.29) is 36.9 Å². The largest absolute Gasteiger partial charge is 0.497 e. The van der Waals surface area contributed by atoms with Gasteiger partial charge in [-0.05, 0) is 73.2 Å². The SMILES string of the molecule is CCC(CC)N1C(=O)C(C)(CC(O)C(=O)NCc2ccc(OC)cc2OC)CC(c2cccc(Cl)c2)C1c1ccc(Cl)cc1. The summed E-state index contributed by atoms with van der Waals surface area (Å²) in [5.41, 5.74) is 1.69. The van der Waals surface area contributed by atoms with Crippen LogP contribution in [0.15, 0.2) is 66.7 Å². The first-order valence-electron chi connectivity index (χ1n) is 15.1. The highest BCUT2D eigenvalue weighted by atomic mass is 35.5. The third-order valence-corrected chi connectivity index (χ3v) is 9.31. The minimum atomic E-state index is -1.40. The Bertz CT molecular complexity index is 1450. The Labute approximate surface area is 270 Å². The number of methoxy groups -OCH3 is 2. The van der Waals surface area contributed by atoms with E-state index in [2.05, 4.69) is 19.2 Å². The molecule has 2 N–H and O–H groups in total. The average molecular weight is 642 g/mol. The minimum Gasteiger partial charge on any atom is -0.497 e. The molecule has 0 bridgehead atoms. The van der Waals surface area contributed by atoms with E-state index in [1.165, 1.54) is 0 Å². The number of carbonyl (C=O) groups is 2. The number of amides is 2. The van der Waals surface area contributed by atoms with Crippen molar-refractivity contribution in [3.63, 3.8) is 0 Å². The molecule has 9 heteroatoms. The van der Waals surface area contributed by atoms with E-state index in [0.717, 1.165) is 29.5 Å². The summed E-state index contributed by atoms with van der Waals surface area (Å²) in [6, 6.07) is 20.4. The second-order valence-corrected chi connectivity index (χ2v) is 12.6. The van der Waals surface area contributed by atoms with Crippen molar-refractivity contribution in [2.45, 2.75) is 77.1 Å². The van der Waals surface area contributed by atoms with Gasteiger partial charge in [0.05, 0.1) is 25.7 Å². The summed E-state index contributed by atoms with van der Waals surface area (Å²) in [5.74, 6) is 0.427. The van der Waals surface area contributed by atoms with Gasteiger partial charge >= 0.3 is 0 Å². The molecule has 3 aromatic carbocycles. The summed E-state index contributed by atoms with van der Waals surface area (Å²) >= 11 is 12.7.